The third kappa shape index (κ3) is 1.66. The van der Waals surface area contributed by atoms with Crippen molar-refractivity contribution < 1.29 is 9.59 Å². The van der Waals surface area contributed by atoms with Crippen molar-refractivity contribution in [3.05, 3.63) is 39.3 Å². The molecule has 6 rings (SSSR count). The molecule has 0 aromatic heterocycles. The maximum Gasteiger partial charge on any atom is 0.238 e. The minimum Gasteiger partial charge on any atom is -0.274 e. The molecule has 0 N–H and O–H groups in total. The Hall–Kier alpha value is -1.13. The first kappa shape index (κ1) is 14.2. The van der Waals surface area contributed by atoms with Crippen molar-refractivity contribution >= 4 is 45.0 Å². The van der Waals surface area contributed by atoms with Crippen LogP contribution in [0, 0.1) is 42.4 Å². The SMILES string of the molecule is Cc1c(N2C(=O)[C@@H]3[C@H]4C=C[C@@H]([C@@H]5C[C@H]45)[C@H]3C2=O)ccc(Br)c1Cl. The molecule has 1 aromatic carbocycles. The molecule has 1 heterocycles. The van der Waals surface area contributed by atoms with E-state index >= 15 is 0 Å². The fraction of sp³-hybridized carbons (Fsp3) is 0.444. The highest BCUT2D eigenvalue weighted by Gasteiger charge is 2.67. The van der Waals surface area contributed by atoms with Crippen LogP contribution in [0.25, 0.3) is 0 Å². The predicted molar refractivity (Wildman–Crippen MR) is 91.1 cm³/mol. The van der Waals surface area contributed by atoms with Gasteiger partial charge in [0, 0.05) is 4.47 Å². The Morgan fingerprint density at radius 2 is 1.65 bits per heavy atom. The predicted octanol–water partition coefficient (Wildman–Crippen LogP) is 3.97. The van der Waals surface area contributed by atoms with Crippen molar-refractivity contribution in [2.24, 2.45) is 35.5 Å². The molecule has 1 saturated heterocycles. The maximum absolute atomic E-state index is 13.1. The number of halogens is 2. The van der Waals surface area contributed by atoms with Crippen molar-refractivity contribution in [3.8, 4) is 0 Å². The van der Waals surface area contributed by atoms with Gasteiger partial charge in [0.2, 0.25) is 11.8 Å². The Kier molecular flexibility index (Phi) is 2.77. The third-order valence-corrected chi connectivity index (χ3v) is 7.59. The minimum atomic E-state index is -0.164. The monoisotopic (exact) mass is 391 g/mol. The zero-order valence-electron chi connectivity index (χ0n) is 12.5. The summed E-state index contributed by atoms with van der Waals surface area (Å²) in [5, 5.41) is 0.557. The summed E-state index contributed by atoms with van der Waals surface area (Å²) in [4.78, 5) is 27.5. The number of carbonyl (C=O) groups is 2. The van der Waals surface area contributed by atoms with Gasteiger partial charge in [-0.2, -0.15) is 0 Å². The first-order valence-electron chi connectivity index (χ1n) is 8.01. The molecule has 23 heavy (non-hydrogen) atoms. The zero-order chi connectivity index (χ0) is 16.0. The lowest BCUT2D eigenvalue weighted by atomic mass is 9.63. The Labute approximate surface area is 147 Å². The highest BCUT2D eigenvalue weighted by atomic mass is 79.9. The summed E-state index contributed by atoms with van der Waals surface area (Å²) in [6, 6.07) is 3.62. The normalized spacial score (nSPS) is 39.7. The Bertz CT molecular complexity index is 768. The molecular weight excluding hydrogens is 378 g/mol. The second kappa shape index (κ2) is 4.48. The molecule has 2 amide bonds. The standard InChI is InChI=1S/C18H15BrClNO2/c1-7-13(5-4-12(19)16(7)20)21-17(22)14-8-2-3-9(11-6-10(8)11)15(14)18(21)23/h2-5,8-11,14-15H,6H2,1H3/t8-,9-,10-,11+,14+,15+/m0/s1. The molecule has 2 saturated carbocycles. The van der Waals surface area contributed by atoms with E-state index in [0.29, 0.717) is 22.5 Å². The molecule has 6 atom stereocenters. The number of rotatable bonds is 1. The summed E-state index contributed by atoms with van der Waals surface area (Å²) in [5.41, 5.74) is 1.41. The highest BCUT2D eigenvalue weighted by molar-refractivity contribution is 9.10. The van der Waals surface area contributed by atoms with E-state index in [4.69, 9.17) is 11.6 Å². The van der Waals surface area contributed by atoms with Crippen LogP contribution in [0.15, 0.2) is 28.8 Å². The van der Waals surface area contributed by atoms with E-state index in [-0.39, 0.29) is 35.5 Å². The average molecular weight is 393 g/mol. The summed E-state index contributed by atoms with van der Waals surface area (Å²) in [7, 11) is 0. The smallest absolute Gasteiger partial charge is 0.238 e. The fourth-order valence-corrected chi connectivity index (χ4v) is 5.67. The lowest BCUT2D eigenvalue weighted by molar-refractivity contribution is -0.124. The quantitative estimate of drug-likeness (QED) is 0.536. The maximum atomic E-state index is 13.1. The van der Waals surface area contributed by atoms with Crippen LogP contribution in [0.5, 0.6) is 0 Å². The van der Waals surface area contributed by atoms with Crippen LogP contribution in [0.4, 0.5) is 5.69 Å². The van der Waals surface area contributed by atoms with Crippen molar-refractivity contribution in [2.75, 3.05) is 4.90 Å². The van der Waals surface area contributed by atoms with Gasteiger partial charge < -0.3 is 0 Å². The Morgan fingerprint density at radius 1 is 1.09 bits per heavy atom. The van der Waals surface area contributed by atoms with E-state index in [0.717, 1.165) is 10.0 Å². The summed E-state index contributed by atoms with van der Waals surface area (Å²) in [6.45, 7) is 1.86. The van der Waals surface area contributed by atoms with E-state index < -0.39 is 0 Å². The first-order chi connectivity index (χ1) is 11.0. The van der Waals surface area contributed by atoms with Gasteiger partial charge in [0.25, 0.3) is 0 Å². The summed E-state index contributed by atoms with van der Waals surface area (Å²) in [6.07, 6.45) is 5.56. The third-order valence-electron chi connectivity index (χ3n) is 6.21. The number of benzene rings is 1. The molecule has 0 unspecified atom stereocenters. The van der Waals surface area contributed by atoms with E-state index in [1.54, 1.807) is 6.07 Å². The van der Waals surface area contributed by atoms with Crippen LogP contribution in [0.1, 0.15) is 12.0 Å². The van der Waals surface area contributed by atoms with Gasteiger partial charge in [-0.3, -0.25) is 9.59 Å². The number of hydrogen-bond acceptors (Lipinski definition) is 2. The zero-order valence-corrected chi connectivity index (χ0v) is 14.8. The summed E-state index contributed by atoms with van der Waals surface area (Å²) >= 11 is 9.69. The molecular formula is C18H15BrClNO2. The van der Waals surface area contributed by atoms with Gasteiger partial charge in [-0.1, -0.05) is 23.8 Å². The van der Waals surface area contributed by atoms with E-state index in [2.05, 4.69) is 28.1 Å². The number of imide groups is 1. The molecule has 3 nitrogen and oxygen atoms in total. The highest BCUT2D eigenvalue weighted by Crippen LogP contribution is 2.65. The largest absolute Gasteiger partial charge is 0.274 e. The lowest BCUT2D eigenvalue weighted by Gasteiger charge is -2.37. The van der Waals surface area contributed by atoms with E-state index in [1.165, 1.54) is 11.3 Å². The van der Waals surface area contributed by atoms with Gasteiger partial charge in [-0.05, 0) is 70.6 Å². The van der Waals surface area contributed by atoms with E-state index in [1.807, 2.05) is 13.0 Å². The minimum absolute atomic E-state index is 0.0359. The second-order valence-electron chi connectivity index (χ2n) is 7.17. The molecule has 118 valence electrons. The van der Waals surface area contributed by atoms with Crippen molar-refractivity contribution in [3.63, 3.8) is 0 Å². The molecule has 4 aliphatic carbocycles. The van der Waals surface area contributed by atoms with Crippen LogP contribution in [-0.2, 0) is 9.59 Å². The Balaban J connectivity index is 1.61. The molecule has 1 aromatic rings. The Morgan fingerprint density at radius 3 is 2.22 bits per heavy atom. The molecule has 2 bridgehead atoms. The first-order valence-corrected chi connectivity index (χ1v) is 9.18. The van der Waals surface area contributed by atoms with Gasteiger partial charge >= 0.3 is 0 Å². The number of anilines is 1. The van der Waals surface area contributed by atoms with Crippen LogP contribution >= 0.6 is 27.5 Å². The van der Waals surface area contributed by atoms with Gasteiger partial charge in [0.15, 0.2) is 0 Å². The number of nitrogens with zero attached hydrogens (tertiary/aromatic N) is 1. The number of carbonyl (C=O) groups excluding carboxylic acids is 2. The molecule has 1 aliphatic heterocycles. The molecule has 0 spiro atoms. The van der Waals surface area contributed by atoms with Crippen LogP contribution in [0.2, 0.25) is 5.02 Å². The van der Waals surface area contributed by atoms with Gasteiger partial charge in [-0.15, -0.1) is 0 Å². The van der Waals surface area contributed by atoms with Gasteiger partial charge in [-0.25, -0.2) is 4.90 Å². The molecule has 5 aliphatic rings. The number of allylic oxidation sites excluding steroid dienone is 2. The number of amides is 2. The van der Waals surface area contributed by atoms with Gasteiger partial charge in [0.1, 0.15) is 0 Å². The van der Waals surface area contributed by atoms with E-state index in [9.17, 15) is 9.59 Å². The van der Waals surface area contributed by atoms with Gasteiger partial charge in [0.05, 0.1) is 22.5 Å². The van der Waals surface area contributed by atoms with Crippen LogP contribution in [0.3, 0.4) is 0 Å². The average Bonchev–Trinajstić information content (AvgIpc) is 3.32. The van der Waals surface area contributed by atoms with Crippen molar-refractivity contribution in [1.82, 2.24) is 0 Å². The van der Waals surface area contributed by atoms with Crippen molar-refractivity contribution in [1.29, 1.82) is 0 Å². The van der Waals surface area contributed by atoms with Crippen molar-refractivity contribution in [2.45, 2.75) is 13.3 Å². The molecule has 3 fully saturated rings. The van der Waals surface area contributed by atoms with Crippen LogP contribution < -0.4 is 4.90 Å². The second-order valence-corrected chi connectivity index (χ2v) is 8.40. The fourth-order valence-electron chi connectivity index (χ4n) is 5.08. The van der Waals surface area contributed by atoms with Crippen LogP contribution in [-0.4, -0.2) is 11.8 Å². The molecule has 5 heteroatoms. The molecule has 0 radical (unpaired) electrons. The lowest BCUT2D eigenvalue weighted by Crippen LogP contribution is -2.40. The topological polar surface area (TPSA) is 37.4 Å². The summed E-state index contributed by atoms with van der Waals surface area (Å²) in [5.74, 6) is 1.35. The number of hydrogen-bond donors (Lipinski definition) is 0. The summed E-state index contributed by atoms with van der Waals surface area (Å²) < 4.78 is 0.778.